The van der Waals surface area contributed by atoms with Crippen molar-refractivity contribution in [1.29, 1.82) is 0 Å². The quantitative estimate of drug-likeness (QED) is 0.0687. The molecule has 0 radical (unpaired) electrons. The zero-order chi connectivity index (χ0) is 26.0. The monoisotopic (exact) mass is 494 g/mol. The molecule has 0 unspecified atom stereocenters. The van der Waals surface area contributed by atoms with Crippen LogP contribution in [-0.4, -0.2) is 18.4 Å². The van der Waals surface area contributed by atoms with Crippen molar-refractivity contribution in [2.24, 2.45) is 10.2 Å². The molecule has 0 saturated carbocycles. The molecule has 0 bridgehead atoms. The molecule has 0 aliphatic heterocycles. The fraction of sp³-hybridized carbons (Fsp3) is 0.226. The van der Waals surface area contributed by atoms with Crippen molar-refractivity contribution >= 4 is 33.9 Å². The van der Waals surface area contributed by atoms with Crippen LogP contribution in [0.2, 0.25) is 0 Å². The number of benzene rings is 4. The normalized spacial score (nSPS) is 11.1. The first-order chi connectivity index (χ1) is 18.0. The lowest BCUT2D eigenvalue weighted by atomic mass is 10.1. The minimum atomic E-state index is -0.445. The standard InChI is InChI=1S/C31H30N2O4/c1-3-4-5-8-21-36-26-17-13-24(14-18-26)31(35)37-30-20-19-29(27-9-6-7-10-28(27)30)33-32-25-15-11-23(12-16-25)22(2)34/h6-7,9-20H,3-5,8,21H2,1-2H3. The van der Waals surface area contributed by atoms with Crippen molar-refractivity contribution in [3.05, 3.63) is 96.1 Å². The molecule has 37 heavy (non-hydrogen) atoms. The topological polar surface area (TPSA) is 77.3 Å². The molecule has 0 saturated heterocycles. The summed E-state index contributed by atoms with van der Waals surface area (Å²) >= 11 is 0. The van der Waals surface area contributed by atoms with E-state index < -0.39 is 5.97 Å². The minimum absolute atomic E-state index is 0.00157. The summed E-state index contributed by atoms with van der Waals surface area (Å²) in [5, 5.41) is 10.3. The van der Waals surface area contributed by atoms with E-state index in [4.69, 9.17) is 9.47 Å². The summed E-state index contributed by atoms with van der Waals surface area (Å²) in [6, 6.07) is 25.0. The molecule has 0 N–H and O–H groups in total. The smallest absolute Gasteiger partial charge is 0.343 e. The van der Waals surface area contributed by atoms with Crippen molar-refractivity contribution in [1.82, 2.24) is 0 Å². The molecule has 0 spiro atoms. The zero-order valence-corrected chi connectivity index (χ0v) is 21.1. The molecule has 4 aromatic carbocycles. The Balaban J connectivity index is 1.46. The van der Waals surface area contributed by atoms with E-state index in [1.54, 1.807) is 60.7 Å². The highest BCUT2D eigenvalue weighted by atomic mass is 16.5. The summed E-state index contributed by atoms with van der Waals surface area (Å²) in [6.45, 7) is 4.38. The number of nitrogens with zero attached hydrogens (tertiary/aromatic N) is 2. The van der Waals surface area contributed by atoms with Gasteiger partial charge in [0.05, 0.1) is 23.5 Å². The highest BCUT2D eigenvalue weighted by Gasteiger charge is 2.13. The average Bonchev–Trinajstić information content (AvgIpc) is 2.93. The summed E-state index contributed by atoms with van der Waals surface area (Å²) in [7, 11) is 0. The van der Waals surface area contributed by atoms with Crippen LogP contribution in [0.25, 0.3) is 10.8 Å². The third-order valence-electron chi connectivity index (χ3n) is 5.97. The Morgan fingerprint density at radius 3 is 2.14 bits per heavy atom. The van der Waals surface area contributed by atoms with Crippen molar-refractivity contribution < 1.29 is 19.1 Å². The van der Waals surface area contributed by atoms with Crippen molar-refractivity contribution in [2.75, 3.05) is 6.61 Å². The highest BCUT2D eigenvalue weighted by Crippen LogP contribution is 2.34. The number of unbranched alkanes of at least 4 members (excludes halogenated alkanes) is 3. The van der Waals surface area contributed by atoms with E-state index in [1.165, 1.54) is 19.8 Å². The maximum Gasteiger partial charge on any atom is 0.343 e. The molecular weight excluding hydrogens is 464 g/mol. The van der Waals surface area contributed by atoms with Crippen LogP contribution < -0.4 is 9.47 Å². The molecule has 0 fully saturated rings. The van der Waals surface area contributed by atoms with Gasteiger partial charge in [0.2, 0.25) is 0 Å². The van der Waals surface area contributed by atoms with E-state index in [0.717, 1.165) is 29.4 Å². The highest BCUT2D eigenvalue weighted by molar-refractivity contribution is 6.00. The first kappa shape index (κ1) is 25.8. The van der Waals surface area contributed by atoms with Gasteiger partial charge in [-0.15, -0.1) is 5.11 Å². The Labute approximate surface area is 217 Å². The average molecular weight is 495 g/mol. The minimum Gasteiger partial charge on any atom is -0.494 e. The van der Waals surface area contributed by atoms with E-state index in [0.29, 0.717) is 34.9 Å². The van der Waals surface area contributed by atoms with E-state index in [9.17, 15) is 9.59 Å². The van der Waals surface area contributed by atoms with Crippen molar-refractivity contribution in [2.45, 2.75) is 39.5 Å². The molecule has 0 aliphatic rings. The summed E-state index contributed by atoms with van der Waals surface area (Å²) < 4.78 is 11.5. The number of Topliss-reactive ketones (excluding diaryl/α,β-unsaturated/α-hetero) is 1. The molecule has 4 rings (SSSR count). The van der Waals surface area contributed by atoms with Crippen molar-refractivity contribution in [3.63, 3.8) is 0 Å². The number of azo groups is 1. The van der Waals surface area contributed by atoms with E-state index in [-0.39, 0.29) is 5.78 Å². The fourth-order valence-corrected chi connectivity index (χ4v) is 3.87. The van der Waals surface area contributed by atoms with Crippen molar-refractivity contribution in [3.8, 4) is 11.5 Å². The molecule has 0 aliphatic carbocycles. The van der Waals surface area contributed by atoms with Crippen LogP contribution in [0.4, 0.5) is 11.4 Å². The van der Waals surface area contributed by atoms with E-state index in [2.05, 4.69) is 17.2 Å². The van der Waals surface area contributed by atoms with Gasteiger partial charge in [0.1, 0.15) is 11.5 Å². The van der Waals surface area contributed by atoms with Gasteiger partial charge in [0.25, 0.3) is 0 Å². The van der Waals surface area contributed by atoms with Crippen LogP contribution in [0.15, 0.2) is 95.2 Å². The second kappa shape index (κ2) is 12.6. The molecule has 6 heteroatoms. The summed E-state index contributed by atoms with van der Waals surface area (Å²) in [5.74, 6) is 0.743. The van der Waals surface area contributed by atoms with Gasteiger partial charge in [0.15, 0.2) is 5.78 Å². The van der Waals surface area contributed by atoms with Crippen LogP contribution in [-0.2, 0) is 0 Å². The van der Waals surface area contributed by atoms with Gasteiger partial charge in [-0.3, -0.25) is 4.79 Å². The molecule has 4 aromatic rings. The Morgan fingerprint density at radius 1 is 0.730 bits per heavy atom. The largest absolute Gasteiger partial charge is 0.494 e. The van der Waals surface area contributed by atoms with Crippen LogP contribution in [0.5, 0.6) is 11.5 Å². The van der Waals surface area contributed by atoms with Gasteiger partial charge in [-0.05, 0) is 74.0 Å². The number of ether oxygens (including phenoxy) is 2. The number of carbonyl (C=O) groups excluding carboxylic acids is 2. The Hall–Kier alpha value is -4.32. The molecule has 0 heterocycles. The Kier molecular flexibility index (Phi) is 8.76. The van der Waals surface area contributed by atoms with Crippen LogP contribution in [0.1, 0.15) is 60.2 Å². The summed E-state index contributed by atoms with van der Waals surface area (Å²) in [5.41, 5.74) is 2.35. The second-order valence-corrected chi connectivity index (χ2v) is 8.75. The predicted molar refractivity (Wildman–Crippen MR) is 146 cm³/mol. The number of fused-ring (bicyclic) bond motifs is 1. The van der Waals surface area contributed by atoms with E-state index >= 15 is 0 Å². The Bertz CT molecular complexity index is 1390. The van der Waals surface area contributed by atoms with Gasteiger partial charge in [-0.25, -0.2) is 4.79 Å². The third kappa shape index (κ3) is 6.88. The number of carbonyl (C=O) groups is 2. The first-order valence-corrected chi connectivity index (χ1v) is 12.5. The summed E-state index contributed by atoms with van der Waals surface area (Å²) in [6.07, 6.45) is 4.58. The number of hydrogen-bond acceptors (Lipinski definition) is 6. The van der Waals surface area contributed by atoms with Crippen LogP contribution >= 0.6 is 0 Å². The van der Waals surface area contributed by atoms with Gasteiger partial charge >= 0.3 is 5.97 Å². The number of ketones is 1. The number of hydrogen-bond donors (Lipinski definition) is 0. The fourth-order valence-electron chi connectivity index (χ4n) is 3.87. The SMILES string of the molecule is CCCCCCOc1ccc(C(=O)Oc2ccc(N=Nc3ccc(C(C)=O)cc3)c3ccccc23)cc1. The third-order valence-corrected chi connectivity index (χ3v) is 5.97. The molecule has 0 aromatic heterocycles. The van der Waals surface area contributed by atoms with Crippen LogP contribution in [0.3, 0.4) is 0 Å². The first-order valence-electron chi connectivity index (χ1n) is 12.5. The van der Waals surface area contributed by atoms with Gasteiger partial charge < -0.3 is 9.47 Å². The Morgan fingerprint density at radius 2 is 1.43 bits per heavy atom. The maximum atomic E-state index is 12.8. The zero-order valence-electron chi connectivity index (χ0n) is 21.1. The number of esters is 1. The maximum absolute atomic E-state index is 12.8. The van der Waals surface area contributed by atoms with Crippen LogP contribution in [0, 0.1) is 0 Å². The second-order valence-electron chi connectivity index (χ2n) is 8.75. The lowest BCUT2D eigenvalue weighted by Crippen LogP contribution is -2.08. The summed E-state index contributed by atoms with van der Waals surface area (Å²) in [4.78, 5) is 24.3. The molecule has 0 amide bonds. The van der Waals surface area contributed by atoms with Gasteiger partial charge in [-0.1, -0.05) is 50.5 Å². The lowest BCUT2D eigenvalue weighted by Gasteiger charge is -2.10. The van der Waals surface area contributed by atoms with Gasteiger partial charge in [0, 0.05) is 16.3 Å². The van der Waals surface area contributed by atoms with E-state index in [1.807, 2.05) is 24.3 Å². The van der Waals surface area contributed by atoms with Gasteiger partial charge in [-0.2, -0.15) is 5.11 Å². The molecule has 0 atom stereocenters. The lowest BCUT2D eigenvalue weighted by molar-refractivity contribution is 0.0737. The molecule has 6 nitrogen and oxygen atoms in total. The molecule has 188 valence electrons. The number of rotatable bonds is 11. The molecular formula is C31H30N2O4. The predicted octanol–water partition coefficient (Wildman–Crippen LogP) is 8.64.